The van der Waals surface area contributed by atoms with E-state index in [1.54, 1.807) is 0 Å². The summed E-state index contributed by atoms with van der Waals surface area (Å²) < 4.78 is 0. The third kappa shape index (κ3) is 6.94. The average molecular weight is 973 g/mol. The van der Waals surface area contributed by atoms with Gasteiger partial charge in [-0.2, -0.15) is 0 Å². The van der Waals surface area contributed by atoms with Gasteiger partial charge in [-0.25, -0.2) is 0 Å². The van der Waals surface area contributed by atoms with Gasteiger partial charge in [0, 0.05) is 34.1 Å². The number of rotatable bonds is 10. The summed E-state index contributed by atoms with van der Waals surface area (Å²) in [5, 5.41) is 0. The second-order valence-electron chi connectivity index (χ2n) is 21.4. The van der Waals surface area contributed by atoms with Gasteiger partial charge in [0.25, 0.3) is 0 Å². The second kappa shape index (κ2) is 18.1. The normalized spacial score (nSPS) is 18.2. The van der Waals surface area contributed by atoms with E-state index in [4.69, 9.17) is 0 Å². The van der Waals surface area contributed by atoms with Crippen molar-refractivity contribution < 1.29 is 0 Å². The van der Waals surface area contributed by atoms with E-state index in [9.17, 15) is 0 Å². The van der Waals surface area contributed by atoms with Crippen molar-refractivity contribution in [3.8, 4) is 44.5 Å². The number of nitrogens with zero attached hydrogens (tertiary/aromatic N) is 2. The number of anilines is 6. The highest BCUT2D eigenvalue weighted by molar-refractivity contribution is 5.96. The van der Waals surface area contributed by atoms with Crippen molar-refractivity contribution in [2.45, 2.75) is 37.0 Å². The zero-order valence-electron chi connectivity index (χ0n) is 42.4. The quantitative estimate of drug-likeness (QED) is 0.135. The minimum atomic E-state index is -0.184. The Bertz CT molecular complexity index is 3880. The van der Waals surface area contributed by atoms with Crippen LogP contribution >= 0.6 is 0 Å². The van der Waals surface area contributed by atoms with Crippen LogP contribution in [0.4, 0.5) is 34.1 Å². The fourth-order valence-electron chi connectivity index (χ4n) is 14.7. The Balaban J connectivity index is 0.907. The molecule has 1 spiro atoms. The van der Waals surface area contributed by atoms with Crippen LogP contribution in [0.25, 0.3) is 44.5 Å². The highest BCUT2D eigenvalue weighted by atomic mass is 15.2. The van der Waals surface area contributed by atoms with Crippen LogP contribution in [-0.2, 0) is 18.3 Å². The Morgan fingerprint density at radius 3 is 1.32 bits per heavy atom. The van der Waals surface area contributed by atoms with E-state index in [0.717, 1.165) is 24.2 Å². The summed E-state index contributed by atoms with van der Waals surface area (Å²) in [6, 6.07) is 102. The van der Waals surface area contributed by atoms with Gasteiger partial charge in [0.15, 0.2) is 0 Å². The Morgan fingerprint density at radius 2 is 0.750 bits per heavy atom. The Labute approximate surface area is 446 Å². The molecule has 0 radical (unpaired) electrons. The summed E-state index contributed by atoms with van der Waals surface area (Å²) in [7, 11) is 0. The number of fused-ring (bicyclic) bond motifs is 5. The Kier molecular flexibility index (Phi) is 10.6. The van der Waals surface area contributed by atoms with Gasteiger partial charge in [0.05, 0.1) is 11.4 Å². The largest absolute Gasteiger partial charge is 0.310 e. The number of hydrogen-bond donors (Lipinski definition) is 0. The molecular weight excluding hydrogens is 917 g/mol. The van der Waals surface area contributed by atoms with Crippen molar-refractivity contribution in [3.05, 3.63) is 312 Å². The summed E-state index contributed by atoms with van der Waals surface area (Å²) in [5.74, 6) is 1.12. The van der Waals surface area contributed by atoms with Crippen molar-refractivity contribution >= 4 is 34.1 Å². The van der Waals surface area contributed by atoms with Crippen molar-refractivity contribution in [2.24, 2.45) is 11.8 Å². The average Bonchev–Trinajstić information content (AvgIpc) is 4.28. The minimum Gasteiger partial charge on any atom is -0.310 e. The fraction of sp³-hybridized carbons (Fsp3) is 0.108. The molecule has 11 aromatic rings. The van der Waals surface area contributed by atoms with E-state index in [2.05, 4.69) is 283 Å². The second-order valence-corrected chi connectivity index (χ2v) is 21.4. The van der Waals surface area contributed by atoms with Crippen molar-refractivity contribution in [1.29, 1.82) is 0 Å². The van der Waals surface area contributed by atoms with Crippen LogP contribution in [0.5, 0.6) is 0 Å². The summed E-state index contributed by atoms with van der Waals surface area (Å²) in [6.45, 7) is 0. The Morgan fingerprint density at radius 1 is 0.316 bits per heavy atom. The highest BCUT2D eigenvalue weighted by Crippen LogP contribution is 2.69. The summed E-state index contributed by atoms with van der Waals surface area (Å²) in [4.78, 5) is 5.19. The van der Waals surface area contributed by atoms with Crippen molar-refractivity contribution in [1.82, 2.24) is 0 Å². The minimum absolute atomic E-state index is 0.153. The predicted molar refractivity (Wildman–Crippen MR) is 316 cm³/mol. The molecule has 2 nitrogen and oxygen atoms in total. The van der Waals surface area contributed by atoms with Gasteiger partial charge in [-0.3, -0.25) is 0 Å². The molecule has 4 unspecified atom stereocenters. The van der Waals surface area contributed by atoms with Gasteiger partial charge < -0.3 is 9.80 Å². The van der Waals surface area contributed by atoms with Crippen LogP contribution in [0.1, 0.15) is 57.7 Å². The molecule has 2 heteroatoms. The maximum Gasteiger partial charge on any atom is 0.0505 e. The molecule has 15 rings (SSSR count). The molecule has 0 saturated heterocycles. The molecule has 0 heterocycles. The highest BCUT2D eigenvalue weighted by Gasteiger charge is 2.62. The zero-order valence-corrected chi connectivity index (χ0v) is 42.4. The van der Waals surface area contributed by atoms with Gasteiger partial charge in [0.2, 0.25) is 0 Å². The topological polar surface area (TPSA) is 6.48 Å². The molecule has 0 N–H and O–H groups in total. The van der Waals surface area contributed by atoms with Crippen LogP contribution in [0.15, 0.2) is 273 Å². The Hall–Kier alpha value is -8.98. The zero-order chi connectivity index (χ0) is 50.2. The summed E-state index contributed by atoms with van der Waals surface area (Å²) in [6.07, 6.45) is 4.60. The maximum absolute atomic E-state index is 2.61. The number of benzene rings is 11. The van der Waals surface area contributed by atoms with Crippen LogP contribution in [-0.4, -0.2) is 0 Å². The summed E-state index contributed by atoms with van der Waals surface area (Å²) in [5.41, 5.74) is 27.2. The lowest BCUT2D eigenvalue weighted by Gasteiger charge is -2.40. The first kappa shape index (κ1) is 44.5. The first-order valence-electron chi connectivity index (χ1n) is 27.3. The maximum atomic E-state index is 2.61. The van der Waals surface area contributed by atoms with Crippen LogP contribution in [0, 0.1) is 11.8 Å². The molecule has 0 aromatic heterocycles. The van der Waals surface area contributed by atoms with Gasteiger partial charge in [-0.1, -0.05) is 212 Å². The molecular formula is C74H56N2. The number of hydrogen-bond acceptors (Lipinski definition) is 2. The van der Waals surface area contributed by atoms with Crippen molar-refractivity contribution in [2.75, 3.05) is 9.80 Å². The third-order valence-electron chi connectivity index (χ3n) is 17.6. The lowest BCUT2D eigenvalue weighted by Crippen LogP contribution is -2.34. The third-order valence-corrected chi connectivity index (χ3v) is 17.6. The molecule has 1 fully saturated rings. The van der Waals surface area contributed by atoms with Gasteiger partial charge >= 0.3 is 0 Å². The van der Waals surface area contributed by atoms with Crippen LogP contribution < -0.4 is 9.80 Å². The van der Waals surface area contributed by atoms with Crippen molar-refractivity contribution in [3.63, 3.8) is 0 Å². The molecule has 11 aromatic carbocycles. The van der Waals surface area contributed by atoms with E-state index in [1.807, 2.05) is 0 Å². The molecule has 0 aliphatic heterocycles. The molecule has 4 aliphatic rings. The molecule has 4 atom stereocenters. The molecule has 362 valence electrons. The van der Waals surface area contributed by atoms with E-state index < -0.39 is 0 Å². The SMILES string of the molecule is c1ccc(-c2cccc(-c3ccccc3)c2-c2ccc(N(c3ccccc3)c3cccc4c3C35c6c(cccc6N(c6ccccc6)c6ccc7c(c6)C(c6ccccc6)c6ccccc6-7)CC3CCC5C4)cc2)cc1. The number of para-hydroxylation sites is 2. The van der Waals surface area contributed by atoms with Gasteiger partial charge in [-0.05, 0) is 182 Å². The van der Waals surface area contributed by atoms with Gasteiger partial charge in [0.1, 0.15) is 0 Å². The van der Waals surface area contributed by atoms with E-state index in [-0.39, 0.29) is 11.3 Å². The lowest BCUT2D eigenvalue weighted by molar-refractivity contribution is 0.350. The molecule has 0 amide bonds. The molecule has 76 heavy (non-hydrogen) atoms. The molecule has 0 bridgehead atoms. The smallest absolute Gasteiger partial charge is 0.0505 e. The predicted octanol–water partition coefficient (Wildman–Crippen LogP) is 19.2. The van der Waals surface area contributed by atoms with Gasteiger partial charge in [-0.15, -0.1) is 0 Å². The fourth-order valence-corrected chi connectivity index (χ4v) is 14.7. The monoisotopic (exact) mass is 972 g/mol. The van der Waals surface area contributed by atoms with E-state index in [1.165, 1.54) is 119 Å². The van der Waals surface area contributed by atoms with E-state index in [0.29, 0.717) is 11.8 Å². The summed E-state index contributed by atoms with van der Waals surface area (Å²) >= 11 is 0. The lowest BCUT2D eigenvalue weighted by atomic mass is 9.68. The first-order valence-corrected chi connectivity index (χ1v) is 27.3. The van der Waals surface area contributed by atoms with Crippen LogP contribution in [0.2, 0.25) is 0 Å². The molecule has 1 saturated carbocycles. The molecule has 4 aliphatic carbocycles. The standard InChI is InChI=1S/C74H56N2/c1-6-21-50(22-7-1)62-35-20-36-63(51-23-8-2-9-24-51)70(62)53-39-43-60(44-40-53)75(58-29-12-4-13-30-58)68-37-18-27-54-47-56-41-42-57-48-55-28-19-38-69(73(55)74(56,57)72(54)68)76(59-31-14-5-15-32-59)61-45-46-65-64-33-16-17-34-66(64)71(67(65)49-61)52-25-10-3-11-26-52/h1-40,43-46,49,56-57,71H,41-42,47-48H2. The van der Waals surface area contributed by atoms with Crippen LogP contribution in [0.3, 0.4) is 0 Å². The van der Waals surface area contributed by atoms with E-state index >= 15 is 0 Å². The first-order chi connectivity index (χ1) is 37.7.